The Bertz CT molecular complexity index is 700. The van der Waals surface area contributed by atoms with Crippen molar-refractivity contribution >= 4 is 5.91 Å². The number of amides is 1. The van der Waals surface area contributed by atoms with Crippen LogP contribution in [0.15, 0.2) is 30.6 Å². The van der Waals surface area contributed by atoms with Crippen LogP contribution in [0.2, 0.25) is 0 Å². The Balaban J connectivity index is 1.67. The third-order valence-corrected chi connectivity index (χ3v) is 4.54. The highest BCUT2D eigenvalue weighted by molar-refractivity contribution is 5.94. The van der Waals surface area contributed by atoms with Crippen molar-refractivity contribution in [2.24, 2.45) is 0 Å². The predicted molar refractivity (Wildman–Crippen MR) is 92.4 cm³/mol. The maximum Gasteiger partial charge on any atom is 0.253 e. The molecule has 8 heteroatoms. The quantitative estimate of drug-likeness (QED) is 0.873. The van der Waals surface area contributed by atoms with Crippen molar-refractivity contribution in [1.82, 2.24) is 30.0 Å². The fourth-order valence-corrected chi connectivity index (χ4v) is 3.35. The zero-order valence-corrected chi connectivity index (χ0v) is 14.7. The van der Waals surface area contributed by atoms with Crippen LogP contribution in [-0.2, 0) is 0 Å². The number of aromatic nitrogens is 4. The van der Waals surface area contributed by atoms with Gasteiger partial charge in [-0.2, -0.15) is 0 Å². The zero-order chi connectivity index (χ0) is 17.9. The lowest BCUT2D eigenvalue weighted by atomic mass is 9.94. The molecule has 2 heterocycles. The highest BCUT2D eigenvalue weighted by Gasteiger charge is 2.32. The van der Waals surface area contributed by atoms with Gasteiger partial charge in [0.05, 0.1) is 11.3 Å². The summed E-state index contributed by atoms with van der Waals surface area (Å²) < 4.78 is 1.54. The lowest BCUT2D eigenvalue weighted by molar-refractivity contribution is 0.00305. The maximum atomic E-state index is 12.8. The molecule has 3 rings (SSSR count). The van der Waals surface area contributed by atoms with Crippen LogP contribution in [0.4, 0.5) is 0 Å². The second kappa shape index (κ2) is 7.28. The number of carbonyl (C=O) groups excluding carboxylic acids is 1. The minimum atomic E-state index is -0.720. The summed E-state index contributed by atoms with van der Waals surface area (Å²) in [6.45, 7) is 1.86. The number of carbonyl (C=O) groups is 1. The number of benzene rings is 1. The lowest BCUT2D eigenvalue weighted by Crippen LogP contribution is -2.41. The Morgan fingerprint density at radius 1 is 1.24 bits per heavy atom. The smallest absolute Gasteiger partial charge is 0.253 e. The van der Waals surface area contributed by atoms with Gasteiger partial charge in [-0.05, 0) is 68.1 Å². The van der Waals surface area contributed by atoms with Gasteiger partial charge in [0.25, 0.3) is 5.91 Å². The predicted octanol–water partition coefficient (Wildman–Crippen LogP) is 0.581. The molecule has 1 aromatic carbocycles. The average Bonchev–Trinajstić information content (AvgIpc) is 3.05. The molecule has 0 radical (unpaired) electrons. The van der Waals surface area contributed by atoms with Crippen molar-refractivity contribution in [2.75, 3.05) is 33.7 Å². The summed E-state index contributed by atoms with van der Waals surface area (Å²) >= 11 is 0. The Morgan fingerprint density at radius 2 is 2.00 bits per heavy atom. The number of likely N-dealkylation sites (N-methyl/N-ethyl adjacent to an activating group) is 1. The van der Waals surface area contributed by atoms with E-state index in [1.807, 2.05) is 36.0 Å². The molecule has 0 spiro atoms. The molecule has 8 nitrogen and oxygen atoms in total. The monoisotopic (exact) mass is 344 g/mol. The molecule has 25 heavy (non-hydrogen) atoms. The summed E-state index contributed by atoms with van der Waals surface area (Å²) in [5, 5.41) is 21.8. The molecule has 2 aromatic rings. The molecule has 1 aromatic heterocycles. The number of likely N-dealkylation sites (tertiary alicyclic amines) is 1. The number of hydrogen-bond donors (Lipinski definition) is 1. The normalized spacial score (nSPS) is 21.4. The maximum absolute atomic E-state index is 12.8. The van der Waals surface area contributed by atoms with Crippen LogP contribution in [0.5, 0.6) is 0 Å². The number of tetrazole rings is 1. The van der Waals surface area contributed by atoms with Crippen LogP contribution in [0.3, 0.4) is 0 Å². The zero-order valence-electron chi connectivity index (χ0n) is 14.7. The van der Waals surface area contributed by atoms with Gasteiger partial charge in [-0.1, -0.05) is 0 Å². The first-order valence-corrected chi connectivity index (χ1v) is 8.47. The molecule has 1 fully saturated rings. The molecule has 1 atom stereocenters. The summed E-state index contributed by atoms with van der Waals surface area (Å²) in [4.78, 5) is 16.6. The Morgan fingerprint density at radius 3 is 2.64 bits per heavy atom. The second-order valence-electron chi connectivity index (χ2n) is 6.91. The Hall–Kier alpha value is -2.32. The first kappa shape index (κ1) is 17.5. The first-order chi connectivity index (χ1) is 12.0. The number of aliphatic hydroxyl groups is 1. The van der Waals surface area contributed by atoms with E-state index in [0.29, 0.717) is 38.0 Å². The van der Waals surface area contributed by atoms with Crippen LogP contribution in [0, 0.1) is 0 Å². The van der Waals surface area contributed by atoms with Gasteiger partial charge in [0, 0.05) is 25.2 Å². The van der Waals surface area contributed by atoms with Gasteiger partial charge in [0.15, 0.2) is 0 Å². The SMILES string of the molecule is CN(C)C[C@@]1(O)CCCN(C(=O)c2ccc(-n3cnnn3)cc2)CC1. The second-order valence-corrected chi connectivity index (χ2v) is 6.91. The third kappa shape index (κ3) is 4.21. The van der Waals surface area contributed by atoms with Gasteiger partial charge < -0.3 is 14.9 Å². The summed E-state index contributed by atoms with van der Waals surface area (Å²) in [6, 6.07) is 7.22. The van der Waals surface area contributed by atoms with Gasteiger partial charge in [-0.15, -0.1) is 5.10 Å². The lowest BCUT2D eigenvalue weighted by Gasteiger charge is -2.30. The molecule has 1 amide bonds. The molecular formula is C17H24N6O2. The summed E-state index contributed by atoms with van der Waals surface area (Å²) in [7, 11) is 3.91. The molecule has 1 aliphatic rings. The Kier molecular flexibility index (Phi) is 5.10. The molecule has 134 valence electrons. The van der Waals surface area contributed by atoms with Crippen molar-refractivity contribution in [3.8, 4) is 5.69 Å². The largest absolute Gasteiger partial charge is 0.388 e. The van der Waals surface area contributed by atoms with E-state index in [1.165, 1.54) is 6.33 Å². The standard InChI is InChI=1S/C17H24N6O2/c1-21(2)12-17(25)8-3-10-22(11-9-17)16(24)14-4-6-15(7-5-14)23-13-18-19-20-23/h4-7,13,25H,3,8-12H2,1-2H3/t17-/m1/s1. The minimum absolute atomic E-state index is 0.00244. The van der Waals surface area contributed by atoms with E-state index in [-0.39, 0.29) is 5.91 Å². The Labute approximate surface area is 147 Å². The van der Waals surface area contributed by atoms with E-state index in [1.54, 1.807) is 16.8 Å². The highest BCUT2D eigenvalue weighted by atomic mass is 16.3. The van der Waals surface area contributed by atoms with Crippen molar-refractivity contribution in [1.29, 1.82) is 0 Å². The van der Waals surface area contributed by atoms with E-state index in [0.717, 1.165) is 12.1 Å². The molecule has 0 unspecified atom stereocenters. The molecule has 1 saturated heterocycles. The fourth-order valence-electron chi connectivity index (χ4n) is 3.35. The van der Waals surface area contributed by atoms with Crippen LogP contribution in [0.1, 0.15) is 29.6 Å². The minimum Gasteiger partial charge on any atom is -0.388 e. The van der Waals surface area contributed by atoms with E-state index < -0.39 is 5.60 Å². The fraction of sp³-hybridized carbons (Fsp3) is 0.529. The van der Waals surface area contributed by atoms with E-state index >= 15 is 0 Å². The van der Waals surface area contributed by atoms with Gasteiger partial charge >= 0.3 is 0 Å². The molecule has 0 saturated carbocycles. The topological polar surface area (TPSA) is 87.4 Å². The summed E-state index contributed by atoms with van der Waals surface area (Å²) in [5.41, 5.74) is 0.718. The highest BCUT2D eigenvalue weighted by Crippen LogP contribution is 2.24. The van der Waals surface area contributed by atoms with Crippen LogP contribution >= 0.6 is 0 Å². The molecule has 1 aliphatic heterocycles. The molecular weight excluding hydrogens is 320 g/mol. The average molecular weight is 344 g/mol. The van der Waals surface area contributed by atoms with Crippen molar-refractivity contribution in [2.45, 2.75) is 24.9 Å². The molecule has 0 aliphatic carbocycles. The van der Waals surface area contributed by atoms with E-state index in [2.05, 4.69) is 15.5 Å². The van der Waals surface area contributed by atoms with Crippen molar-refractivity contribution < 1.29 is 9.90 Å². The van der Waals surface area contributed by atoms with Crippen LogP contribution < -0.4 is 0 Å². The van der Waals surface area contributed by atoms with Crippen LogP contribution in [-0.4, -0.2) is 80.4 Å². The third-order valence-electron chi connectivity index (χ3n) is 4.54. The van der Waals surface area contributed by atoms with Crippen molar-refractivity contribution in [3.05, 3.63) is 36.2 Å². The number of hydrogen-bond acceptors (Lipinski definition) is 6. The van der Waals surface area contributed by atoms with Gasteiger partial charge in [0.2, 0.25) is 0 Å². The molecule has 0 bridgehead atoms. The van der Waals surface area contributed by atoms with E-state index in [9.17, 15) is 9.90 Å². The van der Waals surface area contributed by atoms with Gasteiger partial charge in [-0.3, -0.25) is 4.79 Å². The van der Waals surface area contributed by atoms with Crippen molar-refractivity contribution in [3.63, 3.8) is 0 Å². The van der Waals surface area contributed by atoms with Gasteiger partial charge in [-0.25, -0.2) is 4.68 Å². The summed E-state index contributed by atoms with van der Waals surface area (Å²) in [6.07, 6.45) is 3.63. The summed E-state index contributed by atoms with van der Waals surface area (Å²) in [5.74, 6) is -0.00244. The first-order valence-electron chi connectivity index (χ1n) is 8.47. The number of rotatable bonds is 4. The van der Waals surface area contributed by atoms with E-state index in [4.69, 9.17) is 0 Å². The number of nitrogens with zero attached hydrogens (tertiary/aromatic N) is 6. The van der Waals surface area contributed by atoms with Gasteiger partial charge in [0.1, 0.15) is 6.33 Å². The van der Waals surface area contributed by atoms with Crippen LogP contribution in [0.25, 0.3) is 5.69 Å². The molecule has 1 N–H and O–H groups in total.